The number of aryl methyl sites for hydroxylation is 1. The fraction of sp³-hybridized carbons (Fsp3) is 0.529. The van der Waals surface area contributed by atoms with Crippen molar-refractivity contribution in [3.63, 3.8) is 0 Å². The van der Waals surface area contributed by atoms with Crippen LogP contribution in [0.1, 0.15) is 35.9 Å². The third-order valence-corrected chi connectivity index (χ3v) is 4.28. The molecule has 1 aromatic carbocycles. The Morgan fingerprint density at radius 3 is 3.18 bits per heavy atom. The van der Waals surface area contributed by atoms with Gasteiger partial charge < -0.3 is 14.6 Å². The number of rotatable bonds is 5. The molecule has 1 aliphatic rings. The zero-order chi connectivity index (χ0) is 15.5. The summed E-state index contributed by atoms with van der Waals surface area (Å²) < 4.78 is 7.27. The highest BCUT2D eigenvalue weighted by Crippen LogP contribution is 2.25. The first kappa shape index (κ1) is 15.0. The molecule has 1 atom stereocenters. The number of fused-ring (bicyclic) bond motifs is 3. The monoisotopic (exact) mass is 301 g/mol. The van der Waals surface area contributed by atoms with Crippen molar-refractivity contribution in [2.75, 3.05) is 20.3 Å². The van der Waals surface area contributed by atoms with Gasteiger partial charge in [0, 0.05) is 38.8 Å². The third-order valence-electron chi connectivity index (χ3n) is 4.28. The van der Waals surface area contributed by atoms with Gasteiger partial charge in [0.25, 0.3) is 5.91 Å². The van der Waals surface area contributed by atoms with E-state index in [9.17, 15) is 4.79 Å². The van der Waals surface area contributed by atoms with Crippen LogP contribution in [-0.2, 0) is 17.7 Å². The number of carbonyl (C=O) groups is 1. The number of ether oxygens (including phenoxy) is 1. The summed E-state index contributed by atoms with van der Waals surface area (Å²) in [6.45, 7) is 4.57. The number of hydrogen-bond donors (Lipinski definition) is 1. The molecule has 2 heterocycles. The standard InChI is InChI=1S/C17H23N3O2/c1-12-6-8-20-15-5-4-13(11-14(15)19-16(20)10-12)17(21)18-7-3-9-22-2/h4-5,11-12H,3,6-10H2,1-2H3,(H,18,21)/t12-/m1/s1. The maximum Gasteiger partial charge on any atom is 0.251 e. The van der Waals surface area contributed by atoms with Crippen LogP contribution < -0.4 is 5.32 Å². The molecule has 5 heteroatoms. The summed E-state index contributed by atoms with van der Waals surface area (Å²) in [5.41, 5.74) is 2.74. The Kier molecular flexibility index (Phi) is 4.43. The Morgan fingerprint density at radius 2 is 2.36 bits per heavy atom. The first-order chi connectivity index (χ1) is 10.7. The summed E-state index contributed by atoms with van der Waals surface area (Å²) in [6.07, 6.45) is 3.04. The summed E-state index contributed by atoms with van der Waals surface area (Å²) in [7, 11) is 1.66. The van der Waals surface area contributed by atoms with Crippen LogP contribution in [0.3, 0.4) is 0 Å². The van der Waals surface area contributed by atoms with Crippen LogP contribution in [0.5, 0.6) is 0 Å². The summed E-state index contributed by atoms with van der Waals surface area (Å²) in [6, 6.07) is 5.81. The van der Waals surface area contributed by atoms with Crippen LogP contribution in [0.2, 0.25) is 0 Å². The predicted molar refractivity (Wildman–Crippen MR) is 86.0 cm³/mol. The van der Waals surface area contributed by atoms with Crippen LogP contribution in [0.25, 0.3) is 11.0 Å². The van der Waals surface area contributed by atoms with Crippen LogP contribution in [-0.4, -0.2) is 35.7 Å². The van der Waals surface area contributed by atoms with Gasteiger partial charge in [0.05, 0.1) is 11.0 Å². The molecule has 22 heavy (non-hydrogen) atoms. The molecular weight excluding hydrogens is 278 g/mol. The minimum Gasteiger partial charge on any atom is -0.385 e. The van der Waals surface area contributed by atoms with Gasteiger partial charge in [-0.3, -0.25) is 4.79 Å². The van der Waals surface area contributed by atoms with Crippen LogP contribution >= 0.6 is 0 Å². The lowest BCUT2D eigenvalue weighted by molar-refractivity contribution is 0.0948. The number of benzene rings is 1. The summed E-state index contributed by atoms with van der Waals surface area (Å²) in [5.74, 6) is 1.79. The van der Waals surface area contributed by atoms with Crippen molar-refractivity contribution in [1.29, 1.82) is 0 Å². The van der Waals surface area contributed by atoms with Crippen molar-refractivity contribution in [3.8, 4) is 0 Å². The number of aromatic nitrogens is 2. The maximum atomic E-state index is 12.2. The Labute approximate surface area is 130 Å². The van der Waals surface area contributed by atoms with Crippen LogP contribution in [0, 0.1) is 5.92 Å². The number of hydrogen-bond acceptors (Lipinski definition) is 3. The second kappa shape index (κ2) is 6.48. The normalized spacial score (nSPS) is 17.5. The van der Waals surface area contributed by atoms with Crippen molar-refractivity contribution >= 4 is 16.9 Å². The van der Waals surface area contributed by atoms with E-state index in [1.54, 1.807) is 7.11 Å². The molecule has 1 N–H and O–H groups in total. The lowest BCUT2D eigenvalue weighted by Gasteiger charge is -2.19. The maximum absolute atomic E-state index is 12.2. The summed E-state index contributed by atoms with van der Waals surface area (Å²) in [4.78, 5) is 16.9. The number of methoxy groups -OCH3 is 1. The molecule has 0 saturated heterocycles. The number of nitrogens with zero attached hydrogens (tertiary/aromatic N) is 2. The molecule has 0 saturated carbocycles. The Balaban J connectivity index is 1.77. The van der Waals surface area contributed by atoms with Gasteiger partial charge in [0.2, 0.25) is 0 Å². The van der Waals surface area contributed by atoms with Gasteiger partial charge in [-0.2, -0.15) is 0 Å². The van der Waals surface area contributed by atoms with Crippen LogP contribution in [0.15, 0.2) is 18.2 Å². The van der Waals surface area contributed by atoms with E-state index < -0.39 is 0 Å². The van der Waals surface area contributed by atoms with E-state index in [0.717, 1.165) is 36.2 Å². The van der Waals surface area contributed by atoms with Crippen LogP contribution in [0.4, 0.5) is 0 Å². The van der Waals surface area contributed by atoms with E-state index in [0.29, 0.717) is 24.6 Å². The lowest BCUT2D eigenvalue weighted by Crippen LogP contribution is -2.25. The minimum absolute atomic E-state index is 0.0441. The molecular formula is C17H23N3O2. The highest BCUT2D eigenvalue weighted by molar-refractivity contribution is 5.97. The molecule has 0 unspecified atom stereocenters. The Bertz CT molecular complexity index is 678. The number of imidazole rings is 1. The highest BCUT2D eigenvalue weighted by atomic mass is 16.5. The molecule has 0 spiro atoms. The zero-order valence-corrected chi connectivity index (χ0v) is 13.3. The lowest BCUT2D eigenvalue weighted by atomic mass is 10.0. The van der Waals surface area contributed by atoms with Gasteiger partial charge in [-0.1, -0.05) is 6.92 Å². The van der Waals surface area contributed by atoms with Crippen molar-refractivity contribution in [2.45, 2.75) is 32.7 Å². The van der Waals surface area contributed by atoms with Crippen molar-refractivity contribution < 1.29 is 9.53 Å². The molecule has 1 aliphatic heterocycles. The average Bonchev–Trinajstić information content (AvgIpc) is 2.87. The second-order valence-corrected chi connectivity index (χ2v) is 6.08. The molecule has 0 aliphatic carbocycles. The molecule has 118 valence electrons. The highest BCUT2D eigenvalue weighted by Gasteiger charge is 2.19. The Morgan fingerprint density at radius 1 is 1.50 bits per heavy atom. The van der Waals surface area contributed by atoms with Gasteiger partial charge in [-0.05, 0) is 37.0 Å². The largest absolute Gasteiger partial charge is 0.385 e. The SMILES string of the molecule is COCCCNC(=O)c1ccc2c(c1)nc1n2CC[C@@H](C)C1. The molecule has 5 nitrogen and oxygen atoms in total. The van der Waals surface area contributed by atoms with Gasteiger partial charge in [0.1, 0.15) is 5.82 Å². The van der Waals surface area contributed by atoms with Crippen molar-refractivity contribution in [2.24, 2.45) is 5.92 Å². The van der Waals surface area contributed by atoms with Gasteiger partial charge in [-0.25, -0.2) is 4.98 Å². The smallest absolute Gasteiger partial charge is 0.251 e. The molecule has 0 radical (unpaired) electrons. The number of carbonyl (C=O) groups excluding carboxylic acids is 1. The Hall–Kier alpha value is -1.88. The molecule has 1 amide bonds. The van der Waals surface area contributed by atoms with Gasteiger partial charge >= 0.3 is 0 Å². The average molecular weight is 301 g/mol. The fourth-order valence-corrected chi connectivity index (χ4v) is 3.01. The summed E-state index contributed by atoms with van der Waals surface area (Å²) >= 11 is 0. The van der Waals surface area contributed by atoms with Crippen molar-refractivity contribution in [3.05, 3.63) is 29.6 Å². The molecule has 0 fully saturated rings. The zero-order valence-electron chi connectivity index (χ0n) is 13.3. The third kappa shape index (κ3) is 2.99. The van der Waals surface area contributed by atoms with E-state index in [-0.39, 0.29) is 5.91 Å². The van der Waals surface area contributed by atoms with E-state index in [2.05, 4.69) is 16.8 Å². The predicted octanol–water partition coefficient (Wildman–Crippen LogP) is 2.38. The first-order valence-corrected chi connectivity index (χ1v) is 7.95. The summed E-state index contributed by atoms with van der Waals surface area (Å²) in [5, 5.41) is 2.91. The molecule has 0 bridgehead atoms. The molecule has 3 rings (SSSR count). The molecule has 1 aromatic heterocycles. The number of nitrogens with one attached hydrogen (secondary N) is 1. The van der Waals surface area contributed by atoms with E-state index in [1.807, 2.05) is 18.2 Å². The topological polar surface area (TPSA) is 56.1 Å². The van der Waals surface area contributed by atoms with Crippen molar-refractivity contribution in [1.82, 2.24) is 14.9 Å². The van der Waals surface area contributed by atoms with E-state index in [1.165, 1.54) is 6.42 Å². The minimum atomic E-state index is -0.0441. The van der Waals surface area contributed by atoms with Gasteiger partial charge in [-0.15, -0.1) is 0 Å². The van der Waals surface area contributed by atoms with E-state index >= 15 is 0 Å². The second-order valence-electron chi connectivity index (χ2n) is 6.08. The molecule has 2 aromatic rings. The quantitative estimate of drug-likeness (QED) is 0.863. The number of amides is 1. The van der Waals surface area contributed by atoms with Gasteiger partial charge in [0.15, 0.2) is 0 Å². The fourth-order valence-electron chi connectivity index (χ4n) is 3.01. The first-order valence-electron chi connectivity index (χ1n) is 7.95. The van der Waals surface area contributed by atoms with E-state index in [4.69, 9.17) is 9.72 Å².